The summed E-state index contributed by atoms with van der Waals surface area (Å²) >= 11 is 6.08. The van der Waals surface area contributed by atoms with Crippen molar-refractivity contribution in [3.05, 3.63) is 56.5 Å². The Kier molecular flexibility index (Phi) is 7.80. The number of nitrogens with two attached hydrogens (primary N) is 1. The van der Waals surface area contributed by atoms with E-state index >= 15 is 0 Å². The van der Waals surface area contributed by atoms with Crippen molar-refractivity contribution in [3.8, 4) is 6.01 Å². The highest BCUT2D eigenvalue weighted by atomic mass is 35.5. The lowest BCUT2D eigenvalue weighted by atomic mass is 9.86. The molecule has 0 spiro atoms. The Morgan fingerprint density at radius 2 is 2.02 bits per heavy atom. The fourth-order valence-electron chi connectivity index (χ4n) is 7.37. The Bertz CT molecular complexity index is 1700. The van der Waals surface area contributed by atoms with Gasteiger partial charge in [-0.25, -0.2) is 0 Å². The highest BCUT2D eigenvalue weighted by Gasteiger charge is 2.48. The molecule has 15 heteroatoms. The van der Waals surface area contributed by atoms with Gasteiger partial charge >= 0.3 is 12.2 Å². The highest BCUT2D eigenvalue weighted by Crippen LogP contribution is 2.45. The number of nitrogens with one attached hydrogen (secondary N) is 1. The molecule has 1 aromatic carbocycles. The number of rotatable bonds is 6. The molecule has 46 heavy (non-hydrogen) atoms. The molecule has 2 aromatic heterocycles. The van der Waals surface area contributed by atoms with E-state index in [-0.39, 0.29) is 41.7 Å². The standard InChI is InChI=1S/C31H36ClF3N8O3/c1-17-23-14-41(7-4-9-43(23)40-26(17)28(44)37-2)27-20-15-45-24(19-11-18(36)12-21(32)25(19)31(33,34)35)13-22(20)38-29(39-27)46-16-30-5-3-8-42(30)10-6-30/h11-12,24H,3-10,13-16,36H2,1-2H3,(H,37,44). The van der Waals surface area contributed by atoms with Gasteiger partial charge in [0.1, 0.15) is 12.4 Å². The predicted molar refractivity (Wildman–Crippen MR) is 164 cm³/mol. The van der Waals surface area contributed by atoms with Crippen LogP contribution in [0.1, 0.15) is 75.9 Å². The SMILES string of the molecule is CNC(=O)c1nn2c(c1C)CN(c1nc(OCC34CCCN3CC4)nc3c1COC(c1cc(N)cc(Cl)c1C(F)(F)F)C3)CCC2. The lowest BCUT2D eigenvalue weighted by Crippen LogP contribution is -2.59. The second-order valence-corrected chi connectivity index (χ2v) is 13.0. The van der Waals surface area contributed by atoms with Crippen LogP contribution in [-0.4, -0.2) is 69.4 Å². The summed E-state index contributed by atoms with van der Waals surface area (Å²) in [6.45, 7) is 6.06. The molecule has 6 heterocycles. The minimum absolute atomic E-state index is 0.0186. The zero-order chi connectivity index (χ0) is 32.4. The topological polar surface area (TPSA) is 124 Å². The van der Waals surface area contributed by atoms with Crippen LogP contribution in [0.2, 0.25) is 5.02 Å². The third-order valence-electron chi connectivity index (χ3n) is 9.89. The summed E-state index contributed by atoms with van der Waals surface area (Å²) < 4.78 is 56.9. The second kappa shape index (κ2) is 11.6. The number of alkyl halides is 3. The van der Waals surface area contributed by atoms with Gasteiger partial charge < -0.3 is 25.4 Å². The number of carbonyl (C=O) groups is 1. The number of amides is 1. The highest BCUT2D eigenvalue weighted by molar-refractivity contribution is 6.31. The lowest BCUT2D eigenvalue weighted by Gasteiger charge is -2.47. The Morgan fingerprint density at radius 1 is 1.20 bits per heavy atom. The van der Waals surface area contributed by atoms with Gasteiger partial charge in [-0.05, 0) is 56.8 Å². The number of nitrogen functional groups attached to an aromatic ring is 1. The maximum atomic E-state index is 14.2. The van der Waals surface area contributed by atoms with Crippen LogP contribution >= 0.6 is 11.6 Å². The summed E-state index contributed by atoms with van der Waals surface area (Å²) in [5.74, 6) is 0.348. The van der Waals surface area contributed by atoms with Crippen molar-refractivity contribution in [2.75, 3.05) is 43.9 Å². The average Bonchev–Trinajstić information content (AvgIpc) is 3.36. The first-order valence-corrected chi connectivity index (χ1v) is 15.9. The second-order valence-electron chi connectivity index (χ2n) is 12.6. The number of aromatic nitrogens is 4. The Hall–Kier alpha value is -3.62. The minimum Gasteiger partial charge on any atom is -0.461 e. The van der Waals surface area contributed by atoms with Crippen LogP contribution in [0.5, 0.6) is 6.01 Å². The number of aryl methyl sites for hydroxylation is 1. The number of ether oxygens (including phenoxy) is 2. The predicted octanol–water partition coefficient (Wildman–Crippen LogP) is 4.44. The molecule has 0 saturated carbocycles. The number of hydrogen-bond acceptors (Lipinski definition) is 9. The van der Waals surface area contributed by atoms with E-state index in [1.165, 1.54) is 6.07 Å². The van der Waals surface area contributed by atoms with Crippen LogP contribution < -0.4 is 20.7 Å². The van der Waals surface area contributed by atoms with E-state index in [1.807, 2.05) is 11.6 Å². The van der Waals surface area contributed by atoms with Gasteiger partial charge in [0.05, 0.1) is 46.8 Å². The maximum Gasteiger partial charge on any atom is 0.418 e. The van der Waals surface area contributed by atoms with Crippen LogP contribution in [0.4, 0.5) is 24.7 Å². The molecule has 246 valence electrons. The van der Waals surface area contributed by atoms with Crippen LogP contribution in [0, 0.1) is 6.92 Å². The minimum atomic E-state index is -4.70. The number of benzene rings is 1. The first kappa shape index (κ1) is 31.0. The molecule has 3 aromatic rings. The average molecular weight is 661 g/mol. The number of halogens is 4. The largest absolute Gasteiger partial charge is 0.461 e. The summed E-state index contributed by atoms with van der Waals surface area (Å²) in [5.41, 5.74) is 8.24. The quantitative estimate of drug-likeness (QED) is 0.370. The fraction of sp³-hybridized carbons (Fsp3) is 0.548. The third kappa shape index (κ3) is 5.33. The molecule has 7 rings (SSSR count). The smallest absolute Gasteiger partial charge is 0.418 e. The number of nitrogens with zero attached hydrogens (tertiary/aromatic N) is 6. The molecule has 11 nitrogen and oxygen atoms in total. The molecule has 2 fully saturated rings. The van der Waals surface area contributed by atoms with Crippen LogP contribution in [0.25, 0.3) is 0 Å². The van der Waals surface area contributed by atoms with E-state index in [0.717, 1.165) is 56.1 Å². The van der Waals surface area contributed by atoms with Gasteiger partial charge in [0, 0.05) is 49.9 Å². The van der Waals surface area contributed by atoms with Crippen LogP contribution in [-0.2, 0) is 37.0 Å². The molecule has 4 aliphatic heterocycles. The Labute approximate surface area is 269 Å². The monoisotopic (exact) mass is 660 g/mol. The molecular weight excluding hydrogens is 625 g/mol. The number of hydrogen-bond donors (Lipinski definition) is 2. The molecule has 3 N–H and O–H groups in total. The molecule has 4 aliphatic rings. The molecule has 2 atom stereocenters. The van der Waals surface area contributed by atoms with E-state index in [0.29, 0.717) is 49.0 Å². The first-order valence-electron chi connectivity index (χ1n) is 15.6. The van der Waals surface area contributed by atoms with Crippen molar-refractivity contribution in [3.63, 3.8) is 0 Å². The third-order valence-corrected chi connectivity index (χ3v) is 10.2. The van der Waals surface area contributed by atoms with Crippen molar-refractivity contribution in [2.45, 2.75) is 76.5 Å². The van der Waals surface area contributed by atoms with Crippen molar-refractivity contribution < 1.29 is 27.4 Å². The molecule has 2 unspecified atom stereocenters. The van der Waals surface area contributed by atoms with E-state index in [9.17, 15) is 18.0 Å². The van der Waals surface area contributed by atoms with Crippen molar-refractivity contribution in [1.29, 1.82) is 0 Å². The van der Waals surface area contributed by atoms with Gasteiger partial charge in [0.15, 0.2) is 5.69 Å². The molecule has 1 amide bonds. The Balaban J connectivity index is 1.26. The van der Waals surface area contributed by atoms with Gasteiger partial charge in [0.2, 0.25) is 0 Å². The molecule has 0 aliphatic carbocycles. The van der Waals surface area contributed by atoms with Crippen molar-refractivity contribution in [1.82, 2.24) is 30.0 Å². The molecule has 2 saturated heterocycles. The summed E-state index contributed by atoms with van der Waals surface area (Å²) in [6.07, 6.45) is -1.71. The van der Waals surface area contributed by atoms with Crippen LogP contribution in [0.15, 0.2) is 12.1 Å². The van der Waals surface area contributed by atoms with Crippen molar-refractivity contribution in [2.24, 2.45) is 0 Å². The van der Waals surface area contributed by atoms with E-state index < -0.39 is 22.9 Å². The number of anilines is 2. The fourth-order valence-corrected chi connectivity index (χ4v) is 7.71. The van der Waals surface area contributed by atoms with Gasteiger partial charge in [-0.1, -0.05) is 11.6 Å². The Morgan fingerprint density at radius 3 is 2.74 bits per heavy atom. The summed E-state index contributed by atoms with van der Waals surface area (Å²) in [4.78, 5) is 26.7. The summed E-state index contributed by atoms with van der Waals surface area (Å²) in [7, 11) is 1.57. The van der Waals surface area contributed by atoms with E-state index in [4.69, 9.17) is 36.8 Å². The van der Waals surface area contributed by atoms with Crippen LogP contribution in [0.3, 0.4) is 0 Å². The van der Waals surface area contributed by atoms with Gasteiger partial charge in [-0.15, -0.1) is 0 Å². The van der Waals surface area contributed by atoms with Gasteiger partial charge in [-0.2, -0.15) is 28.2 Å². The zero-order valence-electron chi connectivity index (χ0n) is 25.7. The summed E-state index contributed by atoms with van der Waals surface area (Å²) in [6, 6.07) is 2.56. The zero-order valence-corrected chi connectivity index (χ0v) is 26.5. The van der Waals surface area contributed by atoms with E-state index in [1.54, 1.807) is 7.05 Å². The molecule has 0 radical (unpaired) electrons. The normalized spacial score (nSPS) is 22.8. The van der Waals surface area contributed by atoms with Gasteiger partial charge in [-0.3, -0.25) is 14.4 Å². The number of fused-ring (bicyclic) bond motifs is 3. The summed E-state index contributed by atoms with van der Waals surface area (Å²) in [5, 5.41) is 6.75. The van der Waals surface area contributed by atoms with Crippen molar-refractivity contribution >= 4 is 29.0 Å². The van der Waals surface area contributed by atoms with E-state index in [2.05, 4.69) is 20.2 Å². The first-order chi connectivity index (χ1) is 22.0. The number of carbonyl (C=O) groups excluding carboxylic acids is 1. The lowest BCUT2D eigenvalue weighted by molar-refractivity contribution is -0.139. The maximum absolute atomic E-state index is 14.2. The molecule has 0 bridgehead atoms. The van der Waals surface area contributed by atoms with Gasteiger partial charge in [0.25, 0.3) is 5.91 Å². The molecular formula is C31H36ClF3N8O3.